The molecule has 0 spiro atoms. The molecule has 0 aromatic heterocycles. The van der Waals surface area contributed by atoms with Crippen molar-refractivity contribution in [2.45, 2.75) is 32.4 Å². The number of sulfone groups is 1. The Kier molecular flexibility index (Phi) is 4.85. The molecule has 0 bridgehead atoms. The van der Waals surface area contributed by atoms with Gasteiger partial charge in [0.15, 0.2) is 0 Å². The average molecular weight is 211 g/mol. The number of hydrogen-bond acceptors (Lipinski definition) is 3. The number of rotatable bonds is 6. The first-order valence-corrected chi connectivity index (χ1v) is 6.30. The van der Waals surface area contributed by atoms with E-state index in [1.165, 1.54) is 0 Å². The second-order valence-electron chi connectivity index (χ2n) is 3.19. The van der Waals surface area contributed by atoms with Gasteiger partial charge >= 0.3 is 0 Å². The van der Waals surface area contributed by atoms with E-state index < -0.39 is 15.5 Å². The van der Waals surface area contributed by atoms with Crippen molar-refractivity contribution >= 4 is 9.84 Å². The molecule has 0 radical (unpaired) electrons. The molecule has 13 heavy (non-hydrogen) atoms. The summed E-state index contributed by atoms with van der Waals surface area (Å²) in [7, 11) is -3.07. The van der Waals surface area contributed by atoms with Crippen LogP contribution in [0.2, 0.25) is 0 Å². The molecule has 1 unspecified atom stereocenters. The zero-order valence-corrected chi connectivity index (χ0v) is 9.03. The lowest BCUT2D eigenvalue weighted by Crippen LogP contribution is -2.34. The maximum atomic E-state index is 13.5. The lowest BCUT2D eigenvalue weighted by Gasteiger charge is -2.21. The monoisotopic (exact) mass is 211 g/mol. The minimum absolute atomic E-state index is 0.0101. The normalized spacial score (nSPS) is 16.9. The van der Waals surface area contributed by atoms with Gasteiger partial charge in [-0.05, 0) is 12.8 Å². The fraction of sp³-hybridized carbons (Fsp3) is 1.00. The largest absolute Gasteiger partial charge is 0.328 e. The van der Waals surface area contributed by atoms with Gasteiger partial charge in [0, 0.05) is 12.3 Å². The Morgan fingerprint density at radius 3 is 2.23 bits per heavy atom. The molecule has 0 saturated carbocycles. The summed E-state index contributed by atoms with van der Waals surface area (Å²) in [5.41, 5.74) is 3.71. The standard InChI is InChI=1S/C8H18FNO2S/c1-3-8(9,7-10)5-6-13(11,12)4-2/h3-7,10H2,1-2H3. The summed E-state index contributed by atoms with van der Waals surface area (Å²) in [6, 6.07) is 0. The Labute approximate surface area is 79.4 Å². The Morgan fingerprint density at radius 2 is 1.92 bits per heavy atom. The van der Waals surface area contributed by atoms with Crippen molar-refractivity contribution in [2.24, 2.45) is 5.73 Å². The van der Waals surface area contributed by atoms with E-state index in [1.54, 1.807) is 13.8 Å². The van der Waals surface area contributed by atoms with Crippen LogP contribution >= 0.6 is 0 Å². The molecule has 0 amide bonds. The number of alkyl halides is 1. The van der Waals surface area contributed by atoms with Crippen LogP contribution in [0.5, 0.6) is 0 Å². The van der Waals surface area contributed by atoms with Crippen LogP contribution in [0, 0.1) is 0 Å². The molecule has 3 nitrogen and oxygen atoms in total. The van der Waals surface area contributed by atoms with Crippen molar-refractivity contribution < 1.29 is 12.8 Å². The van der Waals surface area contributed by atoms with Crippen LogP contribution in [0.15, 0.2) is 0 Å². The Balaban J connectivity index is 4.15. The molecule has 0 saturated heterocycles. The van der Waals surface area contributed by atoms with Crippen molar-refractivity contribution in [2.75, 3.05) is 18.1 Å². The fourth-order valence-electron chi connectivity index (χ4n) is 0.906. The van der Waals surface area contributed by atoms with Crippen molar-refractivity contribution in [3.05, 3.63) is 0 Å². The Hall–Kier alpha value is -0.160. The van der Waals surface area contributed by atoms with Gasteiger partial charge in [-0.1, -0.05) is 13.8 Å². The van der Waals surface area contributed by atoms with Crippen LogP contribution in [0.25, 0.3) is 0 Å². The van der Waals surface area contributed by atoms with E-state index in [0.717, 1.165) is 0 Å². The first kappa shape index (κ1) is 12.8. The molecule has 0 heterocycles. The van der Waals surface area contributed by atoms with Gasteiger partial charge in [-0.2, -0.15) is 0 Å². The topological polar surface area (TPSA) is 60.2 Å². The summed E-state index contributed by atoms with van der Waals surface area (Å²) in [5.74, 6) is -0.0393. The van der Waals surface area contributed by atoms with Crippen LogP contribution in [-0.4, -0.2) is 32.1 Å². The molecule has 2 N–H and O–H groups in total. The molecule has 0 rings (SSSR count). The zero-order valence-electron chi connectivity index (χ0n) is 8.22. The highest BCUT2D eigenvalue weighted by Crippen LogP contribution is 2.19. The van der Waals surface area contributed by atoms with Crippen LogP contribution < -0.4 is 5.73 Å². The summed E-state index contributed by atoms with van der Waals surface area (Å²) in [6.45, 7) is 3.12. The minimum atomic E-state index is -3.07. The van der Waals surface area contributed by atoms with Gasteiger partial charge in [0.05, 0.1) is 5.75 Å². The zero-order chi connectivity index (χ0) is 10.5. The van der Waals surface area contributed by atoms with E-state index in [2.05, 4.69) is 0 Å². The molecule has 0 fully saturated rings. The van der Waals surface area contributed by atoms with Crippen LogP contribution in [0.1, 0.15) is 26.7 Å². The van der Waals surface area contributed by atoms with Gasteiger partial charge in [0.25, 0.3) is 0 Å². The first-order valence-electron chi connectivity index (χ1n) is 4.48. The maximum Gasteiger partial charge on any atom is 0.150 e. The minimum Gasteiger partial charge on any atom is -0.328 e. The van der Waals surface area contributed by atoms with E-state index in [0.29, 0.717) is 0 Å². The molecule has 80 valence electrons. The number of nitrogens with two attached hydrogens (primary N) is 1. The van der Waals surface area contributed by atoms with Gasteiger partial charge in [0.1, 0.15) is 15.5 Å². The Morgan fingerprint density at radius 1 is 1.38 bits per heavy atom. The molecule has 0 aliphatic heterocycles. The van der Waals surface area contributed by atoms with Crippen molar-refractivity contribution in [1.82, 2.24) is 0 Å². The van der Waals surface area contributed by atoms with Gasteiger partial charge in [-0.15, -0.1) is 0 Å². The lowest BCUT2D eigenvalue weighted by atomic mass is 10.0. The summed E-state index contributed by atoms with van der Waals surface area (Å²) in [6.07, 6.45) is 0.277. The molecule has 0 aliphatic carbocycles. The summed E-state index contributed by atoms with van der Waals surface area (Å²) in [5, 5.41) is 0. The highest BCUT2D eigenvalue weighted by Gasteiger charge is 2.27. The van der Waals surface area contributed by atoms with E-state index in [-0.39, 0.29) is 30.9 Å². The quantitative estimate of drug-likeness (QED) is 0.709. The third-order valence-corrected chi connectivity index (χ3v) is 4.01. The second kappa shape index (κ2) is 4.91. The van der Waals surface area contributed by atoms with Gasteiger partial charge < -0.3 is 5.73 Å². The molecular formula is C8H18FNO2S. The Bertz CT molecular complexity index is 235. The smallest absolute Gasteiger partial charge is 0.150 e. The van der Waals surface area contributed by atoms with Crippen molar-refractivity contribution in [3.8, 4) is 0 Å². The molecule has 0 aliphatic rings. The lowest BCUT2D eigenvalue weighted by molar-refractivity contribution is 0.162. The van der Waals surface area contributed by atoms with E-state index in [9.17, 15) is 12.8 Å². The van der Waals surface area contributed by atoms with Crippen LogP contribution in [0.3, 0.4) is 0 Å². The van der Waals surface area contributed by atoms with Crippen molar-refractivity contribution in [3.63, 3.8) is 0 Å². The first-order chi connectivity index (χ1) is 5.89. The van der Waals surface area contributed by atoms with E-state index in [1.807, 2.05) is 0 Å². The highest BCUT2D eigenvalue weighted by molar-refractivity contribution is 7.91. The predicted octanol–water partition coefficient (Wildman–Crippen LogP) is 0.888. The van der Waals surface area contributed by atoms with Gasteiger partial charge in [0.2, 0.25) is 0 Å². The number of hydrogen-bond donors (Lipinski definition) is 1. The maximum absolute atomic E-state index is 13.5. The van der Waals surface area contributed by atoms with E-state index in [4.69, 9.17) is 5.73 Å². The van der Waals surface area contributed by atoms with Crippen LogP contribution in [-0.2, 0) is 9.84 Å². The fourth-order valence-corrected chi connectivity index (χ4v) is 1.87. The second-order valence-corrected chi connectivity index (χ2v) is 5.67. The third kappa shape index (κ3) is 4.57. The molecular weight excluding hydrogens is 193 g/mol. The van der Waals surface area contributed by atoms with E-state index >= 15 is 0 Å². The highest BCUT2D eigenvalue weighted by atomic mass is 32.2. The summed E-state index contributed by atoms with van der Waals surface area (Å²) >= 11 is 0. The predicted molar refractivity (Wildman–Crippen MR) is 52.1 cm³/mol. The summed E-state index contributed by atoms with van der Waals surface area (Å²) < 4.78 is 35.7. The third-order valence-electron chi connectivity index (χ3n) is 2.30. The summed E-state index contributed by atoms with van der Waals surface area (Å²) in [4.78, 5) is 0. The molecule has 5 heteroatoms. The SMILES string of the molecule is CCC(F)(CN)CCS(=O)(=O)CC. The molecule has 1 atom stereocenters. The van der Waals surface area contributed by atoms with Gasteiger partial charge in [-0.25, -0.2) is 12.8 Å². The van der Waals surface area contributed by atoms with Crippen LogP contribution in [0.4, 0.5) is 4.39 Å². The molecule has 0 aromatic carbocycles. The number of halogens is 1. The van der Waals surface area contributed by atoms with Crippen molar-refractivity contribution in [1.29, 1.82) is 0 Å². The molecule has 0 aromatic rings. The van der Waals surface area contributed by atoms with Gasteiger partial charge in [-0.3, -0.25) is 0 Å². The average Bonchev–Trinajstić information content (AvgIpc) is 2.14.